The second-order valence-electron chi connectivity index (χ2n) is 8.47. The van der Waals surface area contributed by atoms with E-state index in [9.17, 15) is 9.18 Å². The van der Waals surface area contributed by atoms with Gasteiger partial charge in [-0.05, 0) is 48.9 Å². The number of rotatable bonds is 5. The molecule has 3 aromatic rings. The zero-order valence-electron chi connectivity index (χ0n) is 18.7. The fraction of sp³-hybridized carbons (Fsp3) is 0.269. The summed E-state index contributed by atoms with van der Waals surface area (Å²) in [5, 5.41) is 0. The lowest BCUT2D eigenvalue weighted by Crippen LogP contribution is -2.41. The number of amides is 1. The molecule has 2 heterocycles. The maximum absolute atomic E-state index is 13.7. The summed E-state index contributed by atoms with van der Waals surface area (Å²) in [6, 6.07) is 19.1. The maximum Gasteiger partial charge on any atom is 0.246 e. The Hall–Kier alpha value is -3.42. The van der Waals surface area contributed by atoms with Crippen LogP contribution in [-0.4, -0.2) is 26.2 Å². The van der Waals surface area contributed by atoms with Crippen molar-refractivity contribution in [2.75, 3.05) is 19.1 Å². The topological polar surface area (TPSA) is 62.8 Å². The third kappa shape index (κ3) is 3.63. The van der Waals surface area contributed by atoms with Crippen LogP contribution in [0.3, 0.4) is 0 Å². The van der Waals surface area contributed by atoms with Crippen molar-refractivity contribution < 1.29 is 18.7 Å². The molecule has 0 aliphatic carbocycles. The Morgan fingerprint density at radius 1 is 0.879 bits per heavy atom. The number of nitrogens with one attached hydrogen (secondary N) is 2. The second-order valence-corrected chi connectivity index (χ2v) is 8.47. The minimum Gasteiger partial charge on any atom is -0.497 e. The molecule has 2 N–H and O–H groups in total. The summed E-state index contributed by atoms with van der Waals surface area (Å²) in [6.45, 7) is 2.05. The summed E-state index contributed by atoms with van der Waals surface area (Å²) in [4.78, 5) is 15.4. The number of halogens is 1. The van der Waals surface area contributed by atoms with Crippen molar-refractivity contribution in [2.24, 2.45) is 5.92 Å². The second kappa shape index (κ2) is 8.50. The Morgan fingerprint density at radius 2 is 1.58 bits per heavy atom. The van der Waals surface area contributed by atoms with Gasteiger partial charge in [0.2, 0.25) is 5.91 Å². The first kappa shape index (κ1) is 21.4. The van der Waals surface area contributed by atoms with Gasteiger partial charge < -0.3 is 14.4 Å². The fourth-order valence-electron chi connectivity index (χ4n) is 4.99. The highest BCUT2D eigenvalue weighted by Gasteiger charge is 2.56. The Morgan fingerprint density at radius 3 is 2.24 bits per heavy atom. The molecule has 4 unspecified atom stereocenters. The molecule has 3 aromatic carbocycles. The molecule has 33 heavy (non-hydrogen) atoms. The molecule has 2 saturated heterocycles. The van der Waals surface area contributed by atoms with Gasteiger partial charge in [-0.2, -0.15) is 0 Å². The van der Waals surface area contributed by atoms with Crippen molar-refractivity contribution >= 4 is 11.6 Å². The molecule has 0 aromatic heterocycles. The zero-order chi connectivity index (χ0) is 23.1. The van der Waals surface area contributed by atoms with Crippen LogP contribution in [-0.2, 0) is 4.79 Å². The maximum atomic E-state index is 13.7. The summed E-state index contributed by atoms with van der Waals surface area (Å²) < 4.78 is 24.8. The Kier molecular flexibility index (Phi) is 5.52. The van der Waals surface area contributed by atoms with Crippen LogP contribution in [0.15, 0.2) is 66.7 Å². The molecule has 0 saturated carbocycles. The van der Waals surface area contributed by atoms with Gasteiger partial charge in [0.1, 0.15) is 23.4 Å². The quantitative estimate of drug-likeness (QED) is 0.617. The number of fused-ring (bicyclic) bond motifs is 1. The molecule has 7 heteroatoms. The van der Waals surface area contributed by atoms with Gasteiger partial charge in [0, 0.05) is 23.2 Å². The number of carbonyl (C=O) groups excluding carboxylic acids is 1. The highest BCUT2D eigenvalue weighted by atomic mass is 19.1. The van der Waals surface area contributed by atoms with Crippen LogP contribution in [0.5, 0.6) is 11.5 Å². The molecule has 2 aliphatic heterocycles. The lowest BCUT2D eigenvalue weighted by Gasteiger charge is -2.32. The van der Waals surface area contributed by atoms with Gasteiger partial charge >= 0.3 is 0 Å². The first-order valence-corrected chi connectivity index (χ1v) is 10.9. The predicted molar refractivity (Wildman–Crippen MR) is 124 cm³/mol. The molecule has 0 radical (unpaired) electrons. The number of hydrazine groups is 1. The number of anilines is 1. The Bertz CT molecular complexity index is 1170. The first-order chi connectivity index (χ1) is 16.0. The van der Waals surface area contributed by atoms with Crippen molar-refractivity contribution in [2.45, 2.75) is 25.0 Å². The van der Waals surface area contributed by atoms with Crippen molar-refractivity contribution in [1.29, 1.82) is 0 Å². The van der Waals surface area contributed by atoms with Gasteiger partial charge in [0.05, 0.1) is 26.3 Å². The molecule has 170 valence electrons. The van der Waals surface area contributed by atoms with Crippen LogP contribution < -0.4 is 25.2 Å². The molecular weight excluding hydrogens is 421 g/mol. The Labute approximate surface area is 192 Å². The summed E-state index contributed by atoms with van der Waals surface area (Å²) in [5.74, 6) is 0.752. The first-order valence-electron chi connectivity index (χ1n) is 10.9. The summed E-state index contributed by atoms with van der Waals surface area (Å²) in [6.07, 6.45) is 0. The van der Waals surface area contributed by atoms with Crippen LogP contribution in [0.4, 0.5) is 10.1 Å². The van der Waals surface area contributed by atoms with E-state index in [1.165, 1.54) is 17.7 Å². The third-order valence-electron chi connectivity index (χ3n) is 6.61. The van der Waals surface area contributed by atoms with E-state index in [0.29, 0.717) is 17.2 Å². The lowest BCUT2D eigenvalue weighted by atomic mass is 9.83. The molecule has 6 nitrogen and oxygen atoms in total. The molecule has 0 bridgehead atoms. The van der Waals surface area contributed by atoms with E-state index in [1.54, 1.807) is 31.3 Å². The van der Waals surface area contributed by atoms with Gasteiger partial charge in [-0.3, -0.25) is 4.79 Å². The summed E-state index contributed by atoms with van der Waals surface area (Å²) in [7, 11) is 3.21. The Balaban J connectivity index is 1.66. The lowest BCUT2D eigenvalue weighted by molar-refractivity contribution is -0.119. The van der Waals surface area contributed by atoms with Gasteiger partial charge in [-0.1, -0.05) is 29.8 Å². The number of hydrogen-bond acceptors (Lipinski definition) is 5. The number of hydrogen-bond donors (Lipinski definition) is 2. The van der Waals surface area contributed by atoms with Gasteiger partial charge in [-0.25, -0.2) is 15.2 Å². The number of methoxy groups -OCH3 is 2. The van der Waals surface area contributed by atoms with Crippen LogP contribution in [0.1, 0.15) is 28.8 Å². The van der Waals surface area contributed by atoms with Crippen molar-refractivity contribution in [3.63, 3.8) is 0 Å². The molecule has 0 spiro atoms. The smallest absolute Gasteiger partial charge is 0.246 e. The van der Waals surface area contributed by atoms with Crippen LogP contribution in [0.25, 0.3) is 0 Å². The average Bonchev–Trinajstić information content (AvgIpc) is 3.39. The van der Waals surface area contributed by atoms with E-state index < -0.39 is 6.04 Å². The molecule has 2 fully saturated rings. The van der Waals surface area contributed by atoms with Crippen molar-refractivity contribution in [1.82, 2.24) is 10.9 Å². The SMILES string of the molecule is COc1ccc(C2C3C(NNC3c3ccc(C)cc3)C(=O)N2c2ccc(F)cc2)c(OC)c1. The van der Waals surface area contributed by atoms with Crippen molar-refractivity contribution in [3.8, 4) is 11.5 Å². The number of carbonyl (C=O) groups is 1. The fourth-order valence-corrected chi connectivity index (χ4v) is 4.99. The minimum atomic E-state index is -0.446. The van der Waals surface area contributed by atoms with Gasteiger partial charge in [-0.15, -0.1) is 0 Å². The highest BCUT2D eigenvalue weighted by Crippen LogP contribution is 2.51. The van der Waals surface area contributed by atoms with Crippen LogP contribution in [0, 0.1) is 18.7 Å². The predicted octanol–water partition coefficient (Wildman–Crippen LogP) is 4.07. The zero-order valence-corrected chi connectivity index (χ0v) is 18.7. The summed E-state index contributed by atoms with van der Waals surface area (Å²) in [5.41, 5.74) is 10.3. The number of benzene rings is 3. The van der Waals surface area contributed by atoms with Crippen LogP contribution in [0.2, 0.25) is 0 Å². The van der Waals surface area contributed by atoms with Crippen LogP contribution >= 0.6 is 0 Å². The average molecular weight is 448 g/mol. The number of aryl methyl sites for hydroxylation is 1. The number of ether oxygens (including phenoxy) is 2. The van der Waals surface area contributed by atoms with E-state index in [0.717, 1.165) is 11.1 Å². The minimum absolute atomic E-state index is 0.0726. The molecule has 4 atom stereocenters. The largest absolute Gasteiger partial charge is 0.497 e. The van der Waals surface area contributed by atoms with Gasteiger partial charge in [0.15, 0.2) is 0 Å². The highest BCUT2D eigenvalue weighted by molar-refractivity contribution is 6.01. The van der Waals surface area contributed by atoms with E-state index in [2.05, 4.69) is 35.1 Å². The molecular formula is C26H26FN3O3. The summed E-state index contributed by atoms with van der Waals surface area (Å²) >= 11 is 0. The standard InChI is InChI=1S/C26H26FN3O3/c1-15-4-6-16(7-5-15)23-22-24(29-28-23)26(31)30(18-10-8-17(27)9-11-18)25(22)20-13-12-19(32-2)14-21(20)33-3/h4-14,22-25,28-29H,1-3H3. The van der Waals surface area contributed by atoms with E-state index in [4.69, 9.17) is 9.47 Å². The van der Waals surface area contributed by atoms with Crippen molar-refractivity contribution in [3.05, 3.63) is 89.2 Å². The normalized spacial score (nSPS) is 24.1. The van der Waals surface area contributed by atoms with E-state index in [1.807, 2.05) is 25.1 Å². The molecule has 5 rings (SSSR count). The van der Waals surface area contributed by atoms with Gasteiger partial charge in [0.25, 0.3) is 0 Å². The van der Waals surface area contributed by atoms with E-state index >= 15 is 0 Å². The molecule has 1 amide bonds. The monoisotopic (exact) mass is 447 g/mol. The number of nitrogens with zero attached hydrogens (tertiary/aromatic N) is 1. The third-order valence-corrected chi connectivity index (χ3v) is 6.61. The molecule has 2 aliphatic rings. The van der Waals surface area contributed by atoms with E-state index in [-0.39, 0.29) is 29.7 Å².